The van der Waals surface area contributed by atoms with Crippen molar-refractivity contribution >= 4 is 0 Å². The van der Waals surface area contributed by atoms with Crippen molar-refractivity contribution in [2.45, 2.75) is 39.7 Å². The first-order chi connectivity index (χ1) is 6.17. The molecule has 1 atom stereocenters. The number of allylic oxidation sites excluding steroid dienone is 1. The predicted molar refractivity (Wildman–Crippen MR) is 59.8 cm³/mol. The molecule has 0 aromatic heterocycles. The fourth-order valence-corrected chi connectivity index (χ4v) is 1.43. The molecule has 0 aromatic rings. The van der Waals surface area contributed by atoms with Gasteiger partial charge in [0, 0.05) is 18.8 Å². The van der Waals surface area contributed by atoms with Gasteiger partial charge in [0.05, 0.1) is 0 Å². The maximum absolute atomic E-state index is 3.23. The minimum atomic E-state index is 0.501. The van der Waals surface area contributed by atoms with Gasteiger partial charge in [0.25, 0.3) is 0 Å². The lowest BCUT2D eigenvalue weighted by atomic mass is 10.2. The van der Waals surface area contributed by atoms with Gasteiger partial charge in [0.2, 0.25) is 0 Å². The lowest BCUT2D eigenvalue weighted by Gasteiger charge is -2.26. The summed E-state index contributed by atoms with van der Waals surface area (Å²) in [6.45, 7) is 7.72. The largest absolute Gasteiger partial charge is 0.390 e. The van der Waals surface area contributed by atoms with E-state index in [1.807, 2.05) is 7.05 Å². The van der Waals surface area contributed by atoms with Crippen LogP contribution in [0.2, 0.25) is 0 Å². The average Bonchev–Trinajstić information content (AvgIpc) is 2.15. The highest BCUT2D eigenvalue weighted by Gasteiger charge is 2.11. The molecule has 0 aliphatic rings. The molecule has 1 N–H and O–H groups in total. The topological polar surface area (TPSA) is 15.3 Å². The summed E-state index contributed by atoms with van der Waals surface area (Å²) in [5.74, 6) is 0. The van der Waals surface area contributed by atoms with E-state index in [1.165, 1.54) is 25.1 Å². The summed E-state index contributed by atoms with van der Waals surface area (Å²) in [7, 11) is 4.17. The van der Waals surface area contributed by atoms with Crippen LogP contribution in [0.3, 0.4) is 0 Å². The van der Waals surface area contributed by atoms with Crippen molar-refractivity contribution in [2.24, 2.45) is 0 Å². The third-order valence-corrected chi connectivity index (χ3v) is 2.58. The standard InChI is InChI=1S/C11H24N2/c1-6-8-9-13(5)10(3)11(7-2)12-4/h7,10,12H,6,8-9H2,1-5H3/b11-7-. The SMILES string of the molecule is C/C=C(\NC)C(C)N(C)CCCC. The number of nitrogens with one attached hydrogen (secondary N) is 1. The summed E-state index contributed by atoms with van der Waals surface area (Å²) in [5, 5.41) is 3.23. The first-order valence-electron chi connectivity index (χ1n) is 5.21. The highest BCUT2D eigenvalue weighted by Crippen LogP contribution is 2.06. The molecule has 0 amide bonds. The van der Waals surface area contributed by atoms with E-state index < -0.39 is 0 Å². The summed E-state index contributed by atoms with van der Waals surface area (Å²) >= 11 is 0. The van der Waals surface area contributed by atoms with Crippen LogP contribution in [0, 0.1) is 0 Å². The summed E-state index contributed by atoms with van der Waals surface area (Å²) in [6.07, 6.45) is 4.69. The Balaban J connectivity index is 3.99. The second kappa shape index (κ2) is 6.96. The molecule has 0 saturated heterocycles. The molecule has 0 heterocycles. The number of unbranched alkanes of at least 4 members (excludes halogenated alkanes) is 1. The third-order valence-electron chi connectivity index (χ3n) is 2.58. The van der Waals surface area contributed by atoms with Gasteiger partial charge in [-0.1, -0.05) is 19.4 Å². The quantitative estimate of drug-likeness (QED) is 0.681. The number of hydrogen-bond acceptors (Lipinski definition) is 2. The first-order valence-corrected chi connectivity index (χ1v) is 5.21. The summed E-state index contributed by atoms with van der Waals surface area (Å²) in [6, 6.07) is 0.501. The van der Waals surface area contributed by atoms with E-state index in [4.69, 9.17) is 0 Å². The zero-order valence-corrected chi connectivity index (χ0v) is 9.72. The van der Waals surface area contributed by atoms with Crippen molar-refractivity contribution in [1.29, 1.82) is 0 Å². The van der Waals surface area contributed by atoms with Crippen molar-refractivity contribution < 1.29 is 0 Å². The van der Waals surface area contributed by atoms with Gasteiger partial charge in [0.1, 0.15) is 0 Å². The van der Waals surface area contributed by atoms with Crippen molar-refractivity contribution in [2.75, 3.05) is 20.6 Å². The van der Waals surface area contributed by atoms with Gasteiger partial charge in [0.15, 0.2) is 0 Å². The molecular formula is C11H24N2. The van der Waals surface area contributed by atoms with Gasteiger partial charge in [-0.2, -0.15) is 0 Å². The fourth-order valence-electron chi connectivity index (χ4n) is 1.43. The molecule has 0 aliphatic heterocycles. The van der Waals surface area contributed by atoms with Crippen molar-refractivity contribution in [3.8, 4) is 0 Å². The van der Waals surface area contributed by atoms with Gasteiger partial charge in [-0.15, -0.1) is 0 Å². The fraction of sp³-hybridized carbons (Fsp3) is 0.818. The minimum absolute atomic E-state index is 0.501. The van der Waals surface area contributed by atoms with Crippen molar-refractivity contribution in [1.82, 2.24) is 10.2 Å². The van der Waals surface area contributed by atoms with E-state index >= 15 is 0 Å². The molecule has 0 rings (SSSR count). The van der Waals surface area contributed by atoms with Crippen molar-refractivity contribution in [3.05, 3.63) is 11.8 Å². The zero-order valence-electron chi connectivity index (χ0n) is 9.72. The number of rotatable bonds is 6. The van der Waals surface area contributed by atoms with Crippen LogP contribution in [-0.2, 0) is 0 Å². The molecule has 0 aliphatic carbocycles. The summed E-state index contributed by atoms with van der Waals surface area (Å²) in [5.41, 5.74) is 1.30. The maximum Gasteiger partial charge on any atom is 0.0460 e. The molecule has 2 heteroatoms. The van der Waals surface area contributed by atoms with Crippen LogP contribution in [0.15, 0.2) is 11.8 Å². The summed E-state index contributed by atoms with van der Waals surface area (Å²) in [4.78, 5) is 2.38. The summed E-state index contributed by atoms with van der Waals surface area (Å²) < 4.78 is 0. The van der Waals surface area contributed by atoms with Crippen LogP contribution < -0.4 is 5.32 Å². The van der Waals surface area contributed by atoms with E-state index in [0.717, 1.165) is 0 Å². The Morgan fingerprint density at radius 2 is 2.15 bits per heavy atom. The van der Waals surface area contributed by atoms with Gasteiger partial charge >= 0.3 is 0 Å². The molecule has 0 aromatic carbocycles. The molecule has 0 fully saturated rings. The van der Waals surface area contributed by atoms with Crippen molar-refractivity contribution in [3.63, 3.8) is 0 Å². The Morgan fingerprint density at radius 3 is 2.54 bits per heavy atom. The van der Waals surface area contributed by atoms with E-state index in [-0.39, 0.29) is 0 Å². The van der Waals surface area contributed by atoms with Crippen LogP contribution in [0.4, 0.5) is 0 Å². The molecule has 1 unspecified atom stereocenters. The lowest BCUT2D eigenvalue weighted by Crippen LogP contribution is -2.35. The number of likely N-dealkylation sites (N-methyl/N-ethyl adjacent to an activating group) is 2. The van der Waals surface area contributed by atoms with E-state index in [0.29, 0.717) is 6.04 Å². The van der Waals surface area contributed by atoms with E-state index in [2.05, 4.69) is 44.1 Å². The minimum Gasteiger partial charge on any atom is -0.390 e. The van der Waals surface area contributed by atoms with Crippen LogP contribution in [0.5, 0.6) is 0 Å². The van der Waals surface area contributed by atoms with Gasteiger partial charge in [-0.05, 0) is 33.9 Å². The molecule has 0 saturated carbocycles. The van der Waals surface area contributed by atoms with E-state index in [1.54, 1.807) is 0 Å². The zero-order chi connectivity index (χ0) is 10.3. The predicted octanol–water partition coefficient (Wildman–Crippen LogP) is 2.23. The highest BCUT2D eigenvalue weighted by molar-refractivity contribution is 5.05. The second-order valence-corrected chi connectivity index (χ2v) is 3.50. The molecule has 0 spiro atoms. The Labute approximate surface area is 83.0 Å². The first kappa shape index (κ1) is 12.5. The van der Waals surface area contributed by atoms with Crippen LogP contribution in [0.25, 0.3) is 0 Å². The molecular weight excluding hydrogens is 160 g/mol. The number of hydrogen-bond donors (Lipinski definition) is 1. The monoisotopic (exact) mass is 184 g/mol. The number of nitrogens with zero attached hydrogens (tertiary/aromatic N) is 1. The smallest absolute Gasteiger partial charge is 0.0460 e. The van der Waals surface area contributed by atoms with Crippen LogP contribution >= 0.6 is 0 Å². The lowest BCUT2D eigenvalue weighted by molar-refractivity contribution is 0.275. The normalized spacial score (nSPS) is 14.8. The highest BCUT2D eigenvalue weighted by atomic mass is 15.1. The Hall–Kier alpha value is -0.500. The second-order valence-electron chi connectivity index (χ2n) is 3.50. The molecule has 13 heavy (non-hydrogen) atoms. The third kappa shape index (κ3) is 4.32. The van der Waals surface area contributed by atoms with E-state index in [9.17, 15) is 0 Å². The van der Waals surface area contributed by atoms with Gasteiger partial charge in [-0.25, -0.2) is 0 Å². The maximum atomic E-state index is 3.23. The van der Waals surface area contributed by atoms with Gasteiger partial charge in [-0.3, -0.25) is 4.90 Å². The molecule has 0 radical (unpaired) electrons. The molecule has 0 bridgehead atoms. The Bertz CT molecular complexity index is 152. The van der Waals surface area contributed by atoms with Crippen LogP contribution in [0.1, 0.15) is 33.6 Å². The molecule has 78 valence electrons. The van der Waals surface area contributed by atoms with Gasteiger partial charge < -0.3 is 5.32 Å². The Kier molecular flexibility index (Phi) is 6.69. The molecule has 2 nitrogen and oxygen atoms in total. The van der Waals surface area contributed by atoms with Crippen LogP contribution in [-0.4, -0.2) is 31.6 Å². The Morgan fingerprint density at radius 1 is 1.54 bits per heavy atom. The average molecular weight is 184 g/mol.